The van der Waals surface area contributed by atoms with E-state index in [0.29, 0.717) is 5.69 Å². The highest BCUT2D eigenvalue weighted by Crippen LogP contribution is 2.28. The molecule has 0 radical (unpaired) electrons. The fourth-order valence-electron chi connectivity index (χ4n) is 2.44. The van der Waals surface area contributed by atoms with Crippen LogP contribution in [0.15, 0.2) is 12.1 Å². The second-order valence-electron chi connectivity index (χ2n) is 4.71. The summed E-state index contributed by atoms with van der Waals surface area (Å²) in [5.74, 6) is -0.546. The highest BCUT2D eigenvalue weighted by atomic mass is 19.1. The normalized spacial score (nSPS) is 16.4. The molecule has 1 aromatic carbocycles. The van der Waals surface area contributed by atoms with E-state index < -0.39 is 11.6 Å². The highest BCUT2D eigenvalue weighted by Gasteiger charge is 2.14. The van der Waals surface area contributed by atoms with Crippen molar-refractivity contribution in [3.63, 3.8) is 0 Å². The topological polar surface area (TPSA) is 38.0 Å². The summed E-state index contributed by atoms with van der Waals surface area (Å²) >= 11 is 0. The summed E-state index contributed by atoms with van der Waals surface area (Å²) in [4.78, 5) is 0. The van der Waals surface area contributed by atoms with Crippen LogP contribution in [0.2, 0.25) is 0 Å². The lowest BCUT2D eigenvalue weighted by Crippen LogP contribution is -2.09. The fraction of sp³-hybridized carbons (Fsp3) is 0.538. The van der Waals surface area contributed by atoms with E-state index >= 15 is 0 Å². The minimum atomic E-state index is -0.701. The lowest BCUT2D eigenvalue weighted by atomic mass is 10.0. The van der Waals surface area contributed by atoms with Gasteiger partial charge in [0.15, 0.2) is 5.82 Å². The Morgan fingerprint density at radius 3 is 2.65 bits per heavy atom. The van der Waals surface area contributed by atoms with Gasteiger partial charge in [-0.05, 0) is 18.4 Å². The number of benzene rings is 1. The fourth-order valence-corrected chi connectivity index (χ4v) is 2.44. The van der Waals surface area contributed by atoms with E-state index in [1.165, 1.54) is 31.7 Å². The van der Waals surface area contributed by atoms with Gasteiger partial charge in [0.25, 0.3) is 0 Å². The van der Waals surface area contributed by atoms with E-state index in [4.69, 9.17) is 5.73 Å². The van der Waals surface area contributed by atoms with E-state index in [1.807, 2.05) is 0 Å². The minimum Gasteiger partial charge on any atom is -0.395 e. The Labute approximate surface area is 100 Å². The predicted molar refractivity (Wildman–Crippen MR) is 65.8 cm³/mol. The monoisotopic (exact) mass is 240 g/mol. The lowest BCUT2D eigenvalue weighted by molar-refractivity contribution is 0.518. The van der Waals surface area contributed by atoms with Gasteiger partial charge in [-0.3, -0.25) is 0 Å². The highest BCUT2D eigenvalue weighted by molar-refractivity contribution is 5.66. The first-order valence-electron chi connectivity index (χ1n) is 6.15. The molecule has 3 N–H and O–H groups in total. The molecule has 0 amide bonds. The van der Waals surface area contributed by atoms with Gasteiger partial charge in [0.1, 0.15) is 5.82 Å². The zero-order valence-corrected chi connectivity index (χ0v) is 9.81. The molecule has 0 saturated heterocycles. The maximum Gasteiger partial charge on any atom is 0.151 e. The standard InChI is InChI=1S/C13H18F2N2/c14-10-7-11(15)13(16)12(8-10)17-6-5-9-3-1-2-4-9/h7-9,17H,1-6,16H2. The maximum atomic E-state index is 13.2. The number of nitrogens with two attached hydrogens (primary N) is 1. The zero-order valence-electron chi connectivity index (χ0n) is 9.81. The summed E-state index contributed by atoms with van der Waals surface area (Å²) < 4.78 is 26.2. The summed E-state index contributed by atoms with van der Waals surface area (Å²) in [6.07, 6.45) is 6.20. The van der Waals surface area contributed by atoms with Crippen molar-refractivity contribution in [3.05, 3.63) is 23.8 Å². The van der Waals surface area contributed by atoms with Crippen LogP contribution in [0.1, 0.15) is 32.1 Å². The third-order valence-electron chi connectivity index (χ3n) is 3.44. The van der Waals surface area contributed by atoms with Crippen molar-refractivity contribution in [2.45, 2.75) is 32.1 Å². The molecule has 0 spiro atoms. The summed E-state index contributed by atoms with van der Waals surface area (Å²) in [6, 6.07) is 2.05. The zero-order chi connectivity index (χ0) is 12.3. The van der Waals surface area contributed by atoms with Crippen LogP contribution < -0.4 is 11.1 Å². The lowest BCUT2D eigenvalue weighted by Gasteiger charge is -2.12. The molecule has 0 heterocycles. The van der Waals surface area contributed by atoms with Crippen LogP contribution in [0.5, 0.6) is 0 Å². The van der Waals surface area contributed by atoms with Crippen LogP contribution in [-0.2, 0) is 0 Å². The van der Waals surface area contributed by atoms with Crippen LogP contribution in [0.4, 0.5) is 20.2 Å². The molecule has 0 unspecified atom stereocenters. The van der Waals surface area contributed by atoms with Gasteiger partial charge in [-0.25, -0.2) is 8.78 Å². The van der Waals surface area contributed by atoms with Crippen LogP contribution in [0, 0.1) is 17.6 Å². The molecular weight excluding hydrogens is 222 g/mol. The molecule has 1 aliphatic rings. The average Bonchev–Trinajstić information content (AvgIpc) is 2.78. The predicted octanol–water partition coefficient (Wildman–Crippen LogP) is 3.54. The molecule has 1 aromatic rings. The molecule has 0 bridgehead atoms. The Balaban J connectivity index is 1.89. The molecule has 0 aliphatic heterocycles. The van der Waals surface area contributed by atoms with Crippen molar-refractivity contribution in [3.8, 4) is 0 Å². The van der Waals surface area contributed by atoms with Gasteiger partial charge in [0.2, 0.25) is 0 Å². The molecule has 0 aromatic heterocycles. The van der Waals surface area contributed by atoms with Crippen LogP contribution >= 0.6 is 0 Å². The number of hydrogen-bond acceptors (Lipinski definition) is 2. The van der Waals surface area contributed by atoms with Crippen molar-refractivity contribution in [1.82, 2.24) is 0 Å². The van der Waals surface area contributed by atoms with Crippen molar-refractivity contribution in [2.75, 3.05) is 17.6 Å². The Kier molecular flexibility index (Phi) is 3.82. The first kappa shape index (κ1) is 12.1. The van der Waals surface area contributed by atoms with Crippen LogP contribution in [0.3, 0.4) is 0 Å². The first-order valence-corrected chi connectivity index (χ1v) is 6.15. The van der Waals surface area contributed by atoms with Crippen molar-refractivity contribution in [1.29, 1.82) is 0 Å². The summed E-state index contributed by atoms with van der Waals surface area (Å²) in [5, 5.41) is 3.02. The number of halogens is 2. The Morgan fingerprint density at radius 2 is 1.94 bits per heavy atom. The smallest absolute Gasteiger partial charge is 0.151 e. The Bertz CT molecular complexity index is 387. The van der Waals surface area contributed by atoms with Gasteiger partial charge in [-0.2, -0.15) is 0 Å². The van der Waals surface area contributed by atoms with Crippen molar-refractivity contribution in [2.24, 2.45) is 5.92 Å². The maximum absolute atomic E-state index is 13.2. The van der Waals surface area contributed by atoms with E-state index in [-0.39, 0.29) is 5.69 Å². The van der Waals surface area contributed by atoms with E-state index in [9.17, 15) is 8.78 Å². The number of anilines is 2. The number of nitrogens with one attached hydrogen (secondary N) is 1. The summed E-state index contributed by atoms with van der Waals surface area (Å²) in [5.41, 5.74) is 5.90. The van der Waals surface area contributed by atoms with Crippen LogP contribution in [0.25, 0.3) is 0 Å². The summed E-state index contributed by atoms with van der Waals surface area (Å²) in [6.45, 7) is 0.720. The molecule has 1 saturated carbocycles. The van der Waals surface area contributed by atoms with E-state index in [2.05, 4.69) is 5.32 Å². The molecular formula is C13H18F2N2. The van der Waals surface area contributed by atoms with Crippen LogP contribution in [-0.4, -0.2) is 6.54 Å². The van der Waals surface area contributed by atoms with Gasteiger partial charge in [0, 0.05) is 12.6 Å². The second-order valence-corrected chi connectivity index (χ2v) is 4.71. The molecule has 4 heteroatoms. The van der Waals surface area contributed by atoms with Gasteiger partial charge >= 0.3 is 0 Å². The molecule has 1 fully saturated rings. The van der Waals surface area contributed by atoms with Gasteiger partial charge in [-0.15, -0.1) is 0 Å². The third-order valence-corrected chi connectivity index (χ3v) is 3.44. The van der Waals surface area contributed by atoms with Crippen molar-refractivity contribution >= 4 is 11.4 Å². The Morgan fingerprint density at radius 1 is 1.24 bits per heavy atom. The largest absolute Gasteiger partial charge is 0.395 e. The quantitative estimate of drug-likeness (QED) is 0.790. The van der Waals surface area contributed by atoms with E-state index in [1.54, 1.807) is 0 Å². The first-order chi connectivity index (χ1) is 8.16. The number of rotatable bonds is 4. The molecule has 0 atom stereocenters. The minimum absolute atomic E-state index is 0.00202. The molecule has 2 rings (SSSR count). The molecule has 94 valence electrons. The van der Waals surface area contributed by atoms with Gasteiger partial charge in [0.05, 0.1) is 11.4 Å². The molecule has 2 nitrogen and oxygen atoms in total. The number of hydrogen-bond donors (Lipinski definition) is 2. The number of nitrogen functional groups attached to an aromatic ring is 1. The third kappa shape index (κ3) is 3.08. The van der Waals surface area contributed by atoms with Gasteiger partial charge in [-0.1, -0.05) is 25.7 Å². The van der Waals surface area contributed by atoms with Gasteiger partial charge < -0.3 is 11.1 Å². The summed E-state index contributed by atoms with van der Waals surface area (Å²) in [7, 11) is 0. The molecule has 17 heavy (non-hydrogen) atoms. The van der Waals surface area contributed by atoms with Crippen molar-refractivity contribution < 1.29 is 8.78 Å². The Hall–Kier alpha value is -1.32. The second kappa shape index (κ2) is 5.34. The van der Waals surface area contributed by atoms with E-state index in [0.717, 1.165) is 24.9 Å². The average molecular weight is 240 g/mol. The SMILES string of the molecule is Nc1c(F)cc(F)cc1NCCC1CCCC1. The molecule has 1 aliphatic carbocycles.